The first-order chi connectivity index (χ1) is 8.94. The number of rotatable bonds is 8. The maximum absolute atomic E-state index is 5.53. The minimum Gasteiger partial charge on any atom is -0.233 e. The van der Waals surface area contributed by atoms with Crippen LogP contribution in [0, 0.1) is 5.92 Å². The maximum atomic E-state index is 5.53. The second-order valence-electron chi connectivity index (χ2n) is 7.53. The van der Waals surface area contributed by atoms with Crippen LogP contribution in [0.2, 0.25) is 0 Å². The zero-order chi connectivity index (χ0) is 16.0. The largest absolute Gasteiger partial charge is 0.233 e. The molecule has 0 bridgehead atoms. The number of hydrogen-bond acceptors (Lipinski definition) is 4. The summed E-state index contributed by atoms with van der Waals surface area (Å²) in [4.78, 5) is 21.8. The summed E-state index contributed by atoms with van der Waals surface area (Å²) >= 11 is 0. The standard InChI is InChI=1S/C16H34O4/c1-10-14(18-20-16(7,8)9)11-12(2)13(3)17-19-15(4,5)6/h12-14H,10-11H2,1-9H3. The summed E-state index contributed by atoms with van der Waals surface area (Å²) in [6.07, 6.45) is 1.88. The van der Waals surface area contributed by atoms with E-state index in [0.29, 0.717) is 5.92 Å². The summed E-state index contributed by atoms with van der Waals surface area (Å²) in [5, 5.41) is 0. The van der Waals surface area contributed by atoms with Crippen molar-refractivity contribution in [2.75, 3.05) is 0 Å². The van der Waals surface area contributed by atoms with Crippen molar-refractivity contribution in [3.05, 3.63) is 0 Å². The third-order valence-corrected chi connectivity index (χ3v) is 2.78. The van der Waals surface area contributed by atoms with E-state index in [1.165, 1.54) is 0 Å². The lowest BCUT2D eigenvalue weighted by atomic mass is 9.97. The van der Waals surface area contributed by atoms with Crippen LogP contribution in [-0.2, 0) is 19.6 Å². The van der Waals surface area contributed by atoms with Crippen LogP contribution in [0.1, 0.15) is 75.2 Å². The molecule has 3 unspecified atom stereocenters. The Kier molecular flexibility index (Phi) is 8.26. The highest BCUT2D eigenvalue weighted by molar-refractivity contribution is 4.67. The highest BCUT2D eigenvalue weighted by Gasteiger charge is 2.23. The molecule has 0 N–H and O–H groups in total. The molecule has 0 aliphatic carbocycles. The molecular formula is C16H34O4. The molecule has 0 aromatic carbocycles. The van der Waals surface area contributed by atoms with E-state index < -0.39 is 0 Å². The van der Waals surface area contributed by atoms with Gasteiger partial charge in [0.15, 0.2) is 0 Å². The van der Waals surface area contributed by atoms with Gasteiger partial charge in [0.05, 0.1) is 23.4 Å². The molecule has 0 heterocycles. The zero-order valence-corrected chi connectivity index (χ0v) is 14.8. The Labute approximate surface area is 125 Å². The van der Waals surface area contributed by atoms with Gasteiger partial charge in [0, 0.05) is 0 Å². The summed E-state index contributed by atoms with van der Waals surface area (Å²) in [7, 11) is 0. The minimum absolute atomic E-state index is 0.0153. The molecule has 0 saturated heterocycles. The van der Waals surface area contributed by atoms with Gasteiger partial charge in [-0.2, -0.15) is 0 Å². The molecule has 122 valence electrons. The molecule has 0 aliphatic heterocycles. The van der Waals surface area contributed by atoms with Crippen molar-refractivity contribution in [2.24, 2.45) is 5.92 Å². The van der Waals surface area contributed by atoms with E-state index >= 15 is 0 Å². The lowest BCUT2D eigenvalue weighted by molar-refractivity contribution is -0.387. The maximum Gasteiger partial charge on any atom is 0.0952 e. The molecule has 0 aromatic rings. The molecule has 20 heavy (non-hydrogen) atoms. The fourth-order valence-corrected chi connectivity index (χ4v) is 1.41. The van der Waals surface area contributed by atoms with Gasteiger partial charge in [0.2, 0.25) is 0 Å². The quantitative estimate of drug-likeness (QED) is 0.481. The van der Waals surface area contributed by atoms with Crippen molar-refractivity contribution in [1.82, 2.24) is 0 Å². The highest BCUT2D eigenvalue weighted by Crippen LogP contribution is 2.21. The van der Waals surface area contributed by atoms with Gasteiger partial charge in [-0.1, -0.05) is 13.8 Å². The summed E-state index contributed by atoms with van der Waals surface area (Å²) in [5.41, 5.74) is -0.571. The molecule has 0 fully saturated rings. The third-order valence-electron chi connectivity index (χ3n) is 2.78. The van der Waals surface area contributed by atoms with Gasteiger partial charge in [-0.05, 0) is 67.2 Å². The van der Waals surface area contributed by atoms with Crippen LogP contribution in [0.15, 0.2) is 0 Å². The summed E-state index contributed by atoms with van der Waals surface area (Å²) in [6, 6.07) is 0. The van der Waals surface area contributed by atoms with Crippen LogP contribution in [-0.4, -0.2) is 23.4 Å². The summed E-state index contributed by atoms with van der Waals surface area (Å²) in [5.74, 6) is 0.325. The summed E-state index contributed by atoms with van der Waals surface area (Å²) in [6.45, 7) is 18.1. The van der Waals surface area contributed by atoms with Crippen LogP contribution >= 0.6 is 0 Å². The van der Waals surface area contributed by atoms with E-state index in [1.807, 2.05) is 48.5 Å². The van der Waals surface area contributed by atoms with Crippen molar-refractivity contribution in [1.29, 1.82) is 0 Å². The van der Waals surface area contributed by atoms with Crippen molar-refractivity contribution < 1.29 is 19.6 Å². The predicted molar refractivity (Wildman–Crippen MR) is 81.2 cm³/mol. The Morgan fingerprint density at radius 2 is 1.25 bits per heavy atom. The van der Waals surface area contributed by atoms with Gasteiger partial charge in [0.25, 0.3) is 0 Å². The van der Waals surface area contributed by atoms with Gasteiger partial charge in [0.1, 0.15) is 0 Å². The van der Waals surface area contributed by atoms with Crippen molar-refractivity contribution in [2.45, 2.75) is 98.6 Å². The first-order valence-electron chi connectivity index (χ1n) is 7.63. The molecule has 3 atom stereocenters. The molecule has 0 saturated carbocycles. The van der Waals surface area contributed by atoms with E-state index in [9.17, 15) is 0 Å². The first kappa shape index (κ1) is 19.8. The van der Waals surface area contributed by atoms with E-state index in [2.05, 4.69) is 13.8 Å². The second kappa shape index (κ2) is 8.32. The van der Waals surface area contributed by atoms with E-state index in [-0.39, 0.29) is 23.4 Å². The smallest absolute Gasteiger partial charge is 0.0952 e. The van der Waals surface area contributed by atoms with Crippen LogP contribution in [0.5, 0.6) is 0 Å². The van der Waals surface area contributed by atoms with Gasteiger partial charge >= 0.3 is 0 Å². The molecule has 0 spiro atoms. The first-order valence-corrected chi connectivity index (χ1v) is 7.63. The molecule has 0 rings (SSSR count). The van der Waals surface area contributed by atoms with Gasteiger partial charge in [-0.25, -0.2) is 19.6 Å². The predicted octanol–water partition coefficient (Wildman–Crippen LogP) is 4.67. The highest BCUT2D eigenvalue weighted by atomic mass is 17.2. The topological polar surface area (TPSA) is 36.9 Å². The zero-order valence-electron chi connectivity index (χ0n) is 14.8. The average Bonchev–Trinajstić information content (AvgIpc) is 2.28. The van der Waals surface area contributed by atoms with Gasteiger partial charge < -0.3 is 0 Å². The Balaban J connectivity index is 4.16. The molecule has 0 aliphatic rings. The Morgan fingerprint density at radius 1 is 0.800 bits per heavy atom. The van der Waals surface area contributed by atoms with E-state index in [0.717, 1.165) is 12.8 Å². The van der Waals surface area contributed by atoms with Gasteiger partial charge in [-0.3, -0.25) is 0 Å². The van der Waals surface area contributed by atoms with E-state index in [4.69, 9.17) is 19.6 Å². The fraction of sp³-hybridized carbons (Fsp3) is 1.00. The summed E-state index contributed by atoms with van der Waals surface area (Å²) < 4.78 is 0. The molecule has 0 amide bonds. The average molecular weight is 290 g/mol. The molecular weight excluding hydrogens is 256 g/mol. The lowest BCUT2D eigenvalue weighted by Gasteiger charge is -2.28. The Hall–Kier alpha value is -0.160. The van der Waals surface area contributed by atoms with Crippen LogP contribution in [0.25, 0.3) is 0 Å². The second-order valence-corrected chi connectivity index (χ2v) is 7.53. The van der Waals surface area contributed by atoms with Gasteiger partial charge in [-0.15, -0.1) is 0 Å². The van der Waals surface area contributed by atoms with Crippen molar-refractivity contribution in [3.63, 3.8) is 0 Å². The minimum atomic E-state index is -0.288. The SMILES string of the molecule is CCC(CC(C)C(C)OOC(C)(C)C)OOC(C)(C)C. The molecule has 0 aromatic heterocycles. The molecule has 0 radical (unpaired) electrons. The normalized spacial score (nSPS) is 17.9. The Morgan fingerprint density at radius 3 is 1.65 bits per heavy atom. The van der Waals surface area contributed by atoms with Crippen LogP contribution < -0.4 is 0 Å². The molecule has 4 heteroatoms. The van der Waals surface area contributed by atoms with E-state index in [1.54, 1.807) is 0 Å². The lowest BCUT2D eigenvalue weighted by Crippen LogP contribution is -2.30. The monoisotopic (exact) mass is 290 g/mol. The molecule has 4 nitrogen and oxygen atoms in total. The van der Waals surface area contributed by atoms with Crippen molar-refractivity contribution in [3.8, 4) is 0 Å². The van der Waals surface area contributed by atoms with Crippen molar-refractivity contribution >= 4 is 0 Å². The fourth-order valence-electron chi connectivity index (χ4n) is 1.41. The third kappa shape index (κ3) is 10.6. The Bertz CT molecular complexity index is 252. The van der Waals surface area contributed by atoms with Crippen LogP contribution in [0.4, 0.5) is 0 Å². The van der Waals surface area contributed by atoms with Crippen LogP contribution in [0.3, 0.4) is 0 Å². The number of hydrogen-bond donors (Lipinski definition) is 0.